The third-order valence-corrected chi connectivity index (χ3v) is 8.60. The topological polar surface area (TPSA) is 136 Å². The molecule has 0 saturated carbocycles. The molecule has 8 heteroatoms. The molecule has 8 nitrogen and oxygen atoms in total. The highest BCUT2D eigenvalue weighted by molar-refractivity contribution is 5.85. The lowest BCUT2D eigenvalue weighted by Crippen LogP contribution is -2.35. The van der Waals surface area contributed by atoms with Gasteiger partial charge in [-0.05, 0) is 39.5 Å². The van der Waals surface area contributed by atoms with Gasteiger partial charge >= 0.3 is 11.9 Å². The van der Waals surface area contributed by atoms with Gasteiger partial charge in [-0.3, -0.25) is 0 Å². The Labute approximate surface area is 325 Å². The summed E-state index contributed by atoms with van der Waals surface area (Å²) in [6.45, 7) is 16.5. The lowest BCUT2D eigenvalue weighted by molar-refractivity contribution is -0.870. The second-order valence-corrected chi connectivity index (χ2v) is 16.7. The predicted molar refractivity (Wildman–Crippen MR) is 228 cm³/mol. The average Bonchev–Trinajstić information content (AvgIpc) is 3.01. The summed E-state index contributed by atoms with van der Waals surface area (Å²) in [4.78, 5) is 19.2. The molecule has 0 bridgehead atoms. The van der Waals surface area contributed by atoms with E-state index in [-0.39, 0.29) is 22.1 Å². The summed E-state index contributed by atoms with van der Waals surface area (Å²) in [6, 6.07) is 0. The summed E-state index contributed by atoms with van der Waals surface area (Å²) < 4.78 is 2.25. The van der Waals surface area contributed by atoms with E-state index in [1.54, 1.807) is 0 Å². The van der Waals surface area contributed by atoms with Crippen LogP contribution in [-0.4, -0.2) is 97.4 Å². The highest BCUT2D eigenvalue weighted by Crippen LogP contribution is 2.14. The first-order valence-corrected chi connectivity index (χ1v) is 20.8. The molecule has 0 rings (SSSR count). The minimum absolute atomic E-state index is 0. The molecule has 0 aromatic carbocycles. The third kappa shape index (κ3) is 73.6. The minimum atomic E-state index is -0.935. The molecule has 0 aliphatic carbocycles. The lowest BCUT2D eigenvalue weighted by Gasteiger charge is -2.23. The number of carboxylic acid groups (broad SMARTS) is 2. The van der Waals surface area contributed by atoms with E-state index in [1.807, 2.05) is 0 Å². The molecule has 0 aliphatic heterocycles. The van der Waals surface area contributed by atoms with E-state index in [0.717, 1.165) is 8.97 Å². The van der Waals surface area contributed by atoms with Crippen LogP contribution in [0.3, 0.4) is 0 Å². The standard InChI is InChI=1S/2C18H40N.2C4H6O2.2H2O/c2*1-5-6-7-8-9-10-11-12-13-14-15-16-17-18-19(2,3)4;2*1-3(2)4(5)6;;/h2*5-18H2,1-4H3;2*1H2,2H3,(H,5,6);2*1H2/q2*+1;;;;/p-1. The van der Waals surface area contributed by atoms with E-state index < -0.39 is 11.9 Å². The van der Waals surface area contributed by atoms with Crippen molar-refractivity contribution in [1.82, 2.24) is 0 Å². The van der Waals surface area contributed by atoms with Crippen molar-refractivity contribution in [2.45, 2.75) is 195 Å². The number of hydrogen-bond donors (Lipinski definition) is 2. The van der Waals surface area contributed by atoms with Gasteiger partial charge in [0.2, 0.25) is 0 Å². The number of carbonyl (C=O) groups is 2. The zero-order chi connectivity index (χ0) is 39.1. The Morgan fingerprint density at radius 2 is 0.538 bits per heavy atom. The third-order valence-electron chi connectivity index (χ3n) is 8.60. The van der Waals surface area contributed by atoms with Crippen molar-refractivity contribution >= 4 is 11.9 Å². The lowest BCUT2D eigenvalue weighted by atomic mass is 10.0. The van der Waals surface area contributed by atoms with Crippen molar-refractivity contribution < 1.29 is 39.7 Å². The summed E-state index contributed by atoms with van der Waals surface area (Å²) in [7, 11) is 13.8. The van der Waals surface area contributed by atoms with Gasteiger partial charge in [-0.1, -0.05) is 168 Å². The Hall–Kier alpha value is -1.74. The molecule has 52 heavy (non-hydrogen) atoms. The van der Waals surface area contributed by atoms with Gasteiger partial charge in [-0.2, -0.15) is 0 Å². The van der Waals surface area contributed by atoms with Crippen LogP contribution in [0.2, 0.25) is 0 Å². The molecular weight excluding hydrogens is 652 g/mol. The normalized spacial score (nSPS) is 10.5. The Morgan fingerprint density at radius 3 is 0.654 bits per heavy atom. The summed E-state index contributed by atoms with van der Waals surface area (Å²) in [6.07, 6.45) is 37.8. The van der Waals surface area contributed by atoms with Crippen molar-refractivity contribution in [3.05, 3.63) is 24.3 Å². The van der Waals surface area contributed by atoms with Gasteiger partial charge in [0.25, 0.3) is 0 Å². The second kappa shape index (κ2) is 45.4. The van der Waals surface area contributed by atoms with Crippen LogP contribution in [0.4, 0.5) is 0 Å². The van der Waals surface area contributed by atoms with E-state index in [2.05, 4.69) is 69.3 Å². The summed E-state index contributed by atoms with van der Waals surface area (Å²) in [5.41, 5.74) is 0.352. The number of nitrogens with zero attached hydrogens (tertiary/aromatic N) is 2. The highest BCUT2D eigenvalue weighted by atomic mass is 16.4. The molecule has 5 N–H and O–H groups in total. The van der Waals surface area contributed by atoms with E-state index in [1.165, 1.54) is 194 Å². The largest absolute Gasteiger partial charge is 0.870 e. The molecule has 0 saturated heterocycles. The minimum Gasteiger partial charge on any atom is -0.870 e. The molecule has 316 valence electrons. The number of rotatable bonds is 30. The Morgan fingerprint density at radius 1 is 0.404 bits per heavy atom. The molecule has 0 heterocycles. The predicted octanol–water partition coefficient (Wildman–Crippen LogP) is 11.9. The van der Waals surface area contributed by atoms with Crippen molar-refractivity contribution in [2.75, 3.05) is 55.4 Å². The van der Waals surface area contributed by atoms with Crippen LogP contribution in [-0.2, 0) is 9.59 Å². The van der Waals surface area contributed by atoms with Crippen LogP contribution >= 0.6 is 0 Å². The first-order chi connectivity index (χ1) is 23.4. The summed E-state index contributed by atoms with van der Waals surface area (Å²) in [5.74, 6) is -1.87. The monoisotopic (exact) mass is 748 g/mol. The molecule has 0 fully saturated rings. The molecule has 0 aromatic rings. The van der Waals surface area contributed by atoms with Gasteiger partial charge < -0.3 is 30.1 Å². The number of aliphatic carboxylic acids is 2. The van der Waals surface area contributed by atoms with Gasteiger partial charge in [-0.15, -0.1) is 0 Å². The SMILES string of the molecule is C=C(C)C(=O)O.C=C(C)C(=O)O.CCCCCCCCCCCCCCC[N+](C)(C)C.CCCCCCCCCCCCCCC[N+](C)(C)C.O.[OH-]. The van der Waals surface area contributed by atoms with Gasteiger partial charge in [0.15, 0.2) is 0 Å². The second-order valence-electron chi connectivity index (χ2n) is 16.7. The summed E-state index contributed by atoms with van der Waals surface area (Å²) in [5, 5.41) is 15.8. The van der Waals surface area contributed by atoms with E-state index in [4.69, 9.17) is 10.2 Å². The Balaban J connectivity index is -0.000000150. The molecule has 0 spiro atoms. The van der Waals surface area contributed by atoms with Crippen LogP contribution in [0.1, 0.15) is 195 Å². The quantitative estimate of drug-likeness (QED) is 0.0428. The van der Waals surface area contributed by atoms with Crippen molar-refractivity contribution in [2.24, 2.45) is 0 Å². The molecule has 0 unspecified atom stereocenters. The fraction of sp³-hybridized carbons (Fsp3) is 0.864. The number of quaternary nitrogens is 2. The first-order valence-electron chi connectivity index (χ1n) is 20.8. The fourth-order valence-electron chi connectivity index (χ4n) is 5.21. The molecular formula is C44H95N2O6+. The Kier molecular flexibility index (Phi) is 54.4. The zero-order valence-corrected chi connectivity index (χ0v) is 36.8. The Bertz CT molecular complexity index is 684. The summed E-state index contributed by atoms with van der Waals surface area (Å²) >= 11 is 0. The maximum atomic E-state index is 9.60. The van der Waals surface area contributed by atoms with Crippen LogP contribution in [0.15, 0.2) is 24.3 Å². The van der Waals surface area contributed by atoms with Crippen LogP contribution < -0.4 is 0 Å². The molecule has 0 atom stereocenters. The van der Waals surface area contributed by atoms with Crippen LogP contribution in [0.5, 0.6) is 0 Å². The van der Waals surface area contributed by atoms with Gasteiger partial charge in [0.05, 0.1) is 55.4 Å². The highest BCUT2D eigenvalue weighted by Gasteiger charge is 2.06. The first kappa shape index (κ1) is 62.3. The maximum absolute atomic E-state index is 9.60. The van der Waals surface area contributed by atoms with E-state index in [0.29, 0.717) is 0 Å². The van der Waals surface area contributed by atoms with Crippen LogP contribution in [0.25, 0.3) is 0 Å². The zero-order valence-electron chi connectivity index (χ0n) is 36.8. The number of hydrogen-bond acceptors (Lipinski definition) is 3. The van der Waals surface area contributed by atoms with E-state index >= 15 is 0 Å². The molecule has 0 aromatic heterocycles. The molecule has 0 amide bonds. The van der Waals surface area contributed by atoms with Gasteiger partial charge in [-0.25, -0.2) is 9.59 Å². The van der Waals surface area contributed by atoms with Crippen molar-refractivity contribution in [3.63, 3.8) is 0 Å². The van der Waals surface area contributed by atoms with Crippen molar-refractivity contribution in [1.29, 1.82) is 0 Å². The van der Waals surface area contributed by atoms with E-state index in [9.17, 15) is 9.59 Å². The van der Waals surface area contributed by atoms with Crippen molar-refractivity contribution in [3.8, 4) is 0 Å². The number of carboxylic acids is 2. The van der Waals surface area contributed by atoms with Crippen LogP contribution in [0, 0.1) is 0 Å². The van der Waals surface area contributed by atoms with Gasteiger partial charge in [0, 0.05) is 11.1 Å². The maximum Gasteiger partial charge on any atom is 0.330 e. The number of unbranched alkanes of at least 4 members (excludes halogenated alkanes) is 24. The fourth-order valence-corrected chi connectivity index (χ4v) is 5.21. The van der Waals surface area contributed by atoms with Gasteiger partial charge in [0.1, 0.15) is 0 Å². The smallest absolute Gasteiger partial charge is 0.330 e. The molecule has 0 aliphatic rings. The molecule has 0 radical (unpaired) electrons. The average molecular weight is 748 g/mol.